The Morgan fingerprint density at radius 1 is 0.556 bits per heavy atom. The molecule has 1 aromatic heterocycles. The first-order chi connectivity index (χ1) is 13.4. The van der Waals surface area contributed by atoms with Crippen LogP contribution in [0.25, 0.3) is 33.9 Å². The van der Waals surface area contributed by atoms with Gasteiger partial charge < -0.3 is 0 Å². The van der Waals surface area contributed by atoms with E-state index in [1.54, 1.807) is 0 Å². The highest BCUT2D eigenvalue weighted by Gasteiger charge is 2.23. The summed E-state index contributed by atoms with van der Waals surface area (Å²) in [5, 5.41) is 0. The predicted molar refractivity (Wildman–Crippen MR) is 110 cm³/mol. The van der Waals surface area contributed by atoms with E-state index in [9.17, 15) is 0 Å². The molecule has 1 aliphatic carbocycles. The van der Waals surface area contributed by atoms with Crippen molar-refractivity contribution in [2.24, 2.45) is 0 Å². The van der Waals surface area contributed by atoms with E-state index in [0.717, 1.165) is 39.8 Å². The molecular formula is C25H20N2. The molecule has 1 heterocycles. The molecule has 1 saturated carbocycles. The van der Waals surface area contributed by atoms with Gasteiger partial charge in [-0.05, 0) is 30.4 Å². The van der Waals surface area contributed by atoms with Crippen LogP contribution in [-0.4, -0.2) is 9.97 Å². The average Bonchev–Trinajstić information content (AvgIpc) is 3.60. The zero-order chi connectivity index (χ0) is 18.1. The average molecular weight is 348 g/mol. The van der Waals surface area contributed by atoms with Crippen LogP contribution in [0, 0.1) is 0 Å². The molecule has 3 aromatic carbocycles. The van der Waals surface area contributed by atoms with Crippen LogP contribution in [0.3, 0.4) is 0 Å². The molecule has 5 rings (SSSR count). The Morgan fingerprint density at radius 2 is 1.07 bits per heavy atom. The second-order valence-electron chi connectivity index (χ2n) is 7.09. The van der Waals surface area contributed by atoms with Gasteiger partial charge >= 0.3 is 0 Å². The van der Waals surface area contributed by atoms with Crippen molar-refractivity contribution >= 4 is 0 Å². The summed E-state index contributed by atoms with van der Waals surface area (Å²) >= 11 is 0. The van der Waals surface area contributed by atoms with Gasteiger partial charge in [-0.3, -0.25) is 0 Å². The minimum atomic E-state index is 0.762. The fraction of sp³-hybridized carbons (Fsp3) is 0.120. The smallest absolute Gasteiger partial charge is 0.160 e. The van der Waals surface area contributed by atoms with E-state index in [1.165, 1.54) is 18.4 Å². The van der Waals surface area contributed by atoms with E-state index in [0.29, 0.717) is 0 Å². The molecule has 0 N–H and O–H groups in total. The van der Waals surface area contributed by atoms with Crippen LogP contribution in [0.4, 0.5) is 0 Å². The van der Waals surface area contributed by atoms with Crippen LogP contribution in [0.2, 0.25) is 0 Å². The summed E-state index contributed by atoms with van der Waals surface area (Å²) in [6.45, 7) is 0. The molecule has 0 radical (unpaired) electrons. The standard InChI is InChI=1S/C25H20N2/c1-3-7-20(8-4-1)23-17-24(21-15-13-19(14-16-21)18-11-12-18)27-25(26-23)22-9-5-2-6-10-22/h1-10,13-18H,11-12H2. The largest absolute Gasteiger partial charge is 0.228 e. The fourth-order valence-corrected chi connectivity index (χ4v) is 3.41. The zero-order valence-corrected chi connectivity index (χ0v) is 15.0. The molecular weight excluding hydrogens is 328 g/mol. The second-order valence-corrected chi connectivity index (χ2v) is 7.09. The zero-order valence-electron chi connectivity index (χ0n) is 15.0. The lowest BCUT2D eigenvalue weighted by atomic mass is 10.0. The molecule has 4 aromatic rings. The number of hydrogen-bond acceptors (Lipinski definition) is 2. The molecule has 2 heteroatoms. The highest BCUT2D eigenvalue weighted by atomic mass is 14.9. The third-order valence-corrected chi connectivity index (χ3v) is 5.08. The molecule has 0 bridgehead atoms. The molecule has 0 atom stereocenters. The van der Waals surface area contributed by atoms with Gasteiger partial charge in [-0.1, -0.05) is 84.9 Å². The van der Waals surface area contributed by atoms with E-state index in [2.05, 4.69) is 54.6 Å². The van der Waals surface area contributed by atoms with Gasteiger partial charge in [0.25, 0.3) is 0 Å². The second kappa shape index (κ2) is 6.81. The highest BCUT2D eigenvalue weighted by Crippen LogP contribution is 2.40. The molecule has 2 nitrogen and oxygen atoms in total. The van der Waals surface area contributed by atoms with Crippen LogP contribution in [-0.2, 0) is 0 Å². The Bertz CT molecular complexity index is 993. The minimum absolute atomic E-state index is 0.762. The first kappa shape index (κ1) is 16.0. The van der Waals surface area contributed by atoms with Crippen molar-refractivity contribution < 1.29 is 0 Å². The van der Waals surface area contributed by atoms with Crippen molar-refractivity contribution in [2.45, 2.75) is 18.8 Å². The summed E-state index contributed by atoms with van der Waals surface area (Å²) < 4.78 is 0. The maximum atomic E-state index is 4.88. The SMILES string of the molecule is c1ccc(-c2cc(-c3ccc(C4CC4)cc3)nc(-c3ccccc3)n2)cc1. The number of rotatable bonds is 4. The summed E-state index contributed by atoms with van der Waals surface area (Å²) in [5.41, 5.74) is 6.63. The van der Waals surface area contributed by atoms with Crippen LogP contribution in [0.15, 0.2) is 91.0 Å². The first-order valence-electron chi connectivity index (χ1n) is 9.47. The Balaban J connectivity index is 1.63. The normalized spacial score (nSPS) is 13.5. The molecule has 27 heavy (non-hydrogen) atoms. The van der Waals surface area contributed by atoms with Crippen molar-refractivity contribution in [1.29, 1.82) is 0 Å². The predicted octanol–water partition coefficient (Wildman–Crippen LogP) is 6.36. The van der Waals surface area contributed by atoms with Crippen molar-refractivity contribution in [3.8, 4) is 33.9 Å². The van der Waals surface area contributed by atoms with Crippen LogP contribution >= 0.6 is 0 Å². The van der Waals surface area contributed by atoms with Gasteiger partial charge in [-0.2, -0.15) is 0 Å². The lowest BCUT2D eigenvalue weighted by molar-refractivity contribution is 1.13. The van der Waals surface area contributed by atoms with Gasteiger partial charge in [0.15, 0.2) is 5.82 Å². The number of hydrogen-bond donors (Lipinski definition) is 0. The minimum Gasteiger partial charge on any atom is -0.228 e. The van der Waals surface area contributed by atoms with Gasteiger partial charge in [-0.25, -0.2) is 9.97 Å². The molecule has 0 spiro atoms. The van der Waals surface area contributed by atoms with Crippen LogP contribution < -0.4 is 0 Å². The van der Waals surface area contributed by atoms with Gasteiger partial charge in [0.1, 0.15) is 0 Å². The quantitative estimate of drug-likeness (QED) is 0.429. The Morgan fingerprint density at radius 3 is 1.63 bits per heavy atom. The highest BCUT2D eigenvalue weighted by molar-refractivity contribution is 5.71. The summed E-state index contributed by atoms with van der Waals surface area (Å²) in [7, 11) is 0. The number of benzene rings is 3. The van der Waals surface area contributed by atoms with Gasteiger partial charge in [0, 0.05) is 16.7 Å². The van der Waals surface area contributed by atoms with Crippen molar-refractivity contribution in [1.82, 2.24) is 9.97 Å². The Hall–Kier alpha value is -3.26. The number of aromatic nitrogens is 2. The van der Waals surface area contributed by atoms with E-state index in [4.69, 9.17) is 9.97 Å². The topological polar surface area (TPSA) is 25.8 Å². The molecule has 0 aliphatic heterocycles. The van der Waals surface area contributed by atoms with Gasteiger partial charge in [-0.15, -0.1) is 0 Å². The lowest BCUT2D eigenvalue weighted by Gasteiger charge is -2.10. The Labute approximate surface area is 159 Å². The van der Waals surface area contributed by atoms with E-state index in [-0.39, 0.29) is 0 Å². The van der Waals surface area contributed by atoms with Crippen molar-refractivity contribution in [2.75, 3.05) is 0 Å². The molecule has 0 amide bonds. The third kappa shape index (κ3) is 3.39. The van der Waals surface area contributed by atoms with Crippen molar-refractivity contribution in [3.05, 3.63) is 96.6 Å². The lowest BCUT2D eigenvalue weighted by Crippen LogP contribution is -1.95. The monoisotopic (exact) mass is 348 g/mol. The van der Waals surface area contributed by atoms with Crippen LogP contribution in [0.5, 0.6) is 0 Å². The summed E-state index contributed by atoms with van der Waals surface area (Å²) in [4.78, 5) is 9.72. The molecule has 0 unspecified atom stereocenters. The molecule has 0 saturated heterocycles. The van der Waals surface area contributed by atoms with E-state index in [1.807, 2.05) is 36.4 Å². The van der Waals surface area contributed by atoms with E-state index < -0.39 is 0 Å². The third-order valence-electron chi connectivity index (χ3n) is 5.08. The van der Waals surface area contributed by atoms with Gasteiger partial charge in [0.2, 0.25) is 0 Å². The van der Waals surface area contributed by atoms with Crippen molar-refractivity contribution in [3.63, 3.8) is 0 Å². The first-order valence-corrected chi connectivity index (χ1v) is 9.47. The maximum absolute atomic E-state index is 4.88. The Kier molecular flexibility index (Phi) is 4.02. The van der Waals surface area contributed by atoms with Gasteiger partial charge in [0.05, 0.1) is 11.4 Å². The summed E-state index contributed by atoms with van der Waals surface area (Å²) in [5.74, 6) is 1.53. The maximum Gasteiger partial charge on any atom is 0.160 e. The molecule has 1 aliphatic rings. The summed E-state index contributed by atoms with van der Waals surface area (Å²) in [6, 6.07) is 31.5. The molecule has 1 fully saturated rings. The van der Waals surface area contributed by atoms with Crippen LogP contribution in [0.1, 0.15) is 24.3 Å². The fourth-order valence-electron chi connectivity index (χ4n) is 3.41. The van der Waals surface area contributed by atoms with E-state index >= 15 is 0 Å². The summed E-state index contributed by atoms with van der Waals surface area (Å²) in [6.07, 6.45) is 2.65. The number of nitrogens with zero attached hydrogens (tertiary/aromatic N) is 2. The molecule has 130 valence electrons.